The highest BCUT2D eigenvalue weighted by atomic mass is 32.2. The van der Waals surface area contributed by atoms with Gasteiger partial charge < -0.3 is 5.11 Å². The van der Waals surface area contributed by atoms with Crippen molar-refractivity contribution in [1.82, 2.24) is 0 Å². The Morgan fingerprint density at radius 2 is 2.17 bits per heavy atom. The standard InChI is InChI=1S/C11H10FNO4S/c1-7(11(14)15)18(16,17)6-9-4-10(12)3-2-8(9)5-13/h2-4,7H,6H2,1H3,(H,14,15). The zero-order chi connectivity index (χ0) is 13.9. The largest absolute Gasteiger partial charge is 0.480 e. The highest BCUT2D eigenvalue weighted by Crippen LogP contribution is 2.16. The maximum atomic E-state index is 13.0. The van der Waals surface area contributed by atoms with Crippen molar-refractivity contribution in [3.8, 4) is 6.07 Å². The van der Waals surface area contributed by atoms with Gasteiger partial charge >= 0.3 is 5.97 Å². The number of sulfone groups is 1. The Balaban J connectivity index is 3.16. The molecule has 96 valence electrons. The molecular weight excluding hydrogens is 261 g/mol. The van der Waals surface area contributed by atoms with E-state index in [1.807, 2.05) is 0 Å². The van der Waals surface area contributed by atoms with Crippen LogP contribution in [0.5, 0.6) is 0 Å². The summed E-state index contributed by atoms with van der Waals surface area (Å²) in [4.78, 5) is 10.6. The van der Waals surface area contributed by atoms with E-state index in [1.165, 1.54) is 0 Å². The predicted octanol–water partition coefficient (Wildman–Crippen LogP) is 1.09. The third-order valence-electron chi connectivity index (χ3n) is 2.43. The van der Waals surface area contributed by atoms with Crippen LogP contribution in [-0.4, -0.2) is 24.7 Å². The van der Waals surface area contributed by atoms with E-state index in [4.69, 9.17) is 10.4 Å². The number of carboxylic acid groups (broad SMARTS) is 1. The average molecular weight is 271 g/mol. The minimum atomic E-state index is -3.98. The third kappa shape index (κ3) is 3.05. The lowest BCUT2D eigenvalue weighted by Crippen LogP contribution is -2.28. The summed E-state index contributed by atoms with van der Waals surface area (Å²) < 4.78 is 36.4. The van der Waals surface area contributed by atoms with Crippen molar-refractivity contribution in [2.24, 2.45) is 0 Å². The molecule has 0 aliphatic carbocycles. The molecule has 1 atom stereocenters. The zero-order valence-corrected chi connectivity index (χ0v) is 10.2. The van der Waals surface area contributed by atoms with Crippen LogP contribution in [0, 0.1) is 17.1 Å². The van der Waals surface area contributed by atoms with Crippen molar-refractivity contribution in [1.29, 1.82) is 5.26 Å². The molecule has 0 aliphatic rings. The van der Waals surface area contributed by atoms with Crippen LogP contribution in [-0.2, 0) is 20.4 Å². The van der Waals surface area contributed by atoms with Crippen molar-refractivity contribution in [2.45, 2.75) is 17.9 Å². The number of carboxylic acids is 1. The molecule has 1 rings (SSSR count). The number of benzene rings is 1. The van der Waals surface area contributed by atoms with E-state index in [9.17, 15) is 17.6 Å². The highest BCUT2D eigenvalue weighted by Gasteiger charge is 2.28. The average Bonchev–Trinajstić information content (AvgIpc) is 2.27. The first-order chi connectivity index (χ1) is 8.27. The van der Waals surface area contributed by atoms with Gasteiger partial charge in [-0.05, 0) is 30.7 Å². The molecule has 5 nitrogen and oxygen atoms in total. The van der Waals surface area contributed by atoms with Gasteiger partial charge in [-0.15, -0.1) is 0 Å². The first-order valence-electron chi connectivity index (χ1n) is 4.91. The van der Waals surface area contributed by atoms with Gasteiger partial charge in [0.2, 0.25) is 0 Å². The normalized spacial score (nSPS) is 12.7. The summed E-state index contributed by atoms with van der Waals surface area (Å²) in [5.74, 6) is -2.84. The van der Waals surface area contributed by atoms with Gasteiger partial charge in [-0.3, -0.25) is 4.79 Å². The van der Waals surface area contributed by atoms with Crippen LogP contribution in [0.25, 0.3) is 0 Å². The van der Waals surface area contributed by atoms with E-state index in [0.29, 0.717) is 0 Å². The second-order valence-corrected chi connectivity index (χ2v) is 6.02. The van der Waals surface area contributed by atoms with Crippen LogP contribution >= 0.6 is 0 Å². The Bertz CT molecular complexity index is 618. The highest BCUT2D eigenvalue weighted by molar-refractivity contribution is 7.91. The molecule has 18 heavy (non-hydrogen) atoms. The number of hydrogen-bond acceptors (Lipinski definition) is 4. The fourth-order valence-corrected chi connectivity index (χ4v) is 2.52. The van der Waals surface area contributed by atoms with Crippen LogP contribution in [0.15, 0.2) is 18.2 Å². The number of aliphatic carboxylic acids is 1. The minimum Gasteiger partial charge on any atom is -0.480 e. The van der Waals surface area contributed by atoms with E-state index in [0.717, 1.165) is 25.1 Å². The van der Waals surface area contributed by atoms with E-state index >= 15 is 0 Å². The molecule has 1 aromatic carbocycles. The Morgan fingerprint density at radius 3 is 2.67 bits per heavy atom. The first kappa shape index (κ1) is 14.1. The van der Waals surface area contributed by atoms with Crippen molar-refractivity contribution in [2.75, 3.05) is 0 Å². The van der Waals surface area contributed by atoms with Gasteiger partial charge in [0.25, 0.3) is 0 Å². The maximum absolute atomic E-state index is 13.0. The van der Waals surface area contributed by atoms with Gasteiger partial charge in [0.1, 0.15) is 5.82 Å². The Morgan fingerprint density at radius 1 is 1.56 bits per heavy atom. The number of carbonyl (C=O) groups is 1. The number of nitriles is 1. The molecule has 0 aliphatic heterocycles. The molecule has 1 N–H and O–H groups in total. The Labute approximate surface area is 103 Å². The molecule has 7 heteroatoms. The van der Waals surface area contributed by atoms with Crippen molar-refractivity contribution in [3.05, 3.63) is 35.1 Å². The summed E-state index contributed by atoms with van der Waals surface area (Å²) in [7, 11) is -3.98. The second kappa shape index (κ2) is 5.14. The van der Waals surface area contributed by atoms with E-state index in [1.54, 1.807) is 6.07 Å². The Kier molecular flexibility index (Phi) is 4.03. The molecule has 0 heterocycles. The fourth-order valence-electron chi connectivity index (χ4n) is 1.29. The smallest absolute Gasteiger partial charge is 0.321 e. The molecule has 0 fully saturated rings. The van der Waals surface area contributed by atoms with Gasteiger partial charge in [0.15, 0.2) is 15.1 Å². The molecule has 0 amide bonds. The van der Waals surface area contributed by atoms with Gasteiger partial charge in [0, 0.05) is 0 Å². The van der Waals surface area contributed by atoms with Crippen LogP contribution in [0.4, 0.5) is 4.39 Å². The number of rotatable bonds is 4. The summed E-state index contributed by atoms with van der Waals surface area (Å²) in [5.41, 5.74) is -0.0248. The number of hydrogen-bond donors (Lipinski definition) is 1. The van der Waals surface area contributed by atoms with Crippen LogP contribution in [0.1, 0.15) is 18.1 Å². The predicted molar refractivity (Wildman–Crippen MR) is 60.8 cm³/mol. The molecule has 0 aromatic heterocycles. The summed E-state index contributed by atoms with van der Waals surface area (Å²) in [6, 6.07) is 4.85. The lowest BCUT2D eigenvalue weighted by atomic mass is 10.1. The van der Waals surface area contributed by atoms with Crippen LogP contribution in [0.3, 0.4) is 0 Å². The number of halogens is 1. The molecule has 0 saturated heterocycles. The third-order valence-corrected chi connectivity index (χ3v) is 4.42. The molecule has 1 unspecified atom stereocenters. The summed E-state index contributed by atoms with van der Waals surface area (Å²) in [5, 5.41) is 15.8. The van der Waals surface area contributed by atoms with Gasteiger partial charge in [-0.1, -0.05) is 0 Å². The topological polar surface area (TPSA) is 95.2 Å². The quantitative estimate of drug-likeness (QED) is 0.884. The molecule has 0 radical (unpaired) electrons. The molecule has 0 saturated carbocycles. The van der Waals surface area contributed by atoms with Gasteiger partial charge in [0.05, 0.1) is 17.4 Å². The summed E-state index contributed by atoms with van der Waals surface area (Å²) in [6.07, 6.45) is 0. The van der Waals surface area contributed by atoms with Crippen LogP contribution in [0.2, 0.25) is 0 Å². The van der Waals surface area contributed by atoms with Crippen molar-refractivity contribution in [3.63, 3.8) is 0 Å². The van der Waals surface area contributed by atoms with E-state index < -0.39 is 32.6 Å². The van der Waals surface area contributed by atoms with Crippen molar-refractivity contribution >= 4 is 15.8 Å². The van der Waals surface area contributed by atoms with E-state index in [2.05, 4.69) is 0 Å². The first-order valence-corrected chi connectivity index (χ1v) is 6.62. The SMILES string of the molecule is CC(C(=O)O)S(=O)(=O)Cc1cc(F)ccc1C#N. The monoisotopic (exact) mass is 271 g/mol. The molecule has 0 spiro atoms. The summed E-state index contributed by atoms with van der Waals surface area (Å²) >= 11 is 0. The molecule has 0 bridgehead atoms. The maximum Gasteiger partial charge on any atom is 0.321 e. The number of nitrogens with zero attached hydrogens (tertiary/aromatic N) is 1. The summed E-state index contributed by atoms with van der Waals surface area (Å²) in [6.45, 7) is 1.03. The Hall–Kier alpha value is -1.94. The minimum absolute atomic E-state index is 0.0116. The van der Waals surface area contributed by atoms with E-state index in [-0.39, 0.29) is 11.1 Å². The molecular formula is C11H10FNO4S. The lowest BCUT2D eigenvalue weighted by molar-refractivity contribution is -0.136. The molecule has 1 aromatic rings. The lowest BCUT2D eigenvalue weighted by Gasteiger charge is -2.09. The second-order valence-electron chi connectivity index (χ2n) is 3.70. The van der Waals surface area contributed by atoms with Gasteiger partial charge in [-0.25, -0.2) is 12.8 Å². The van der Waals surface area contributed by atoms with Gasteiger partial charge in [-0.2, -0.15) is 5.26 Å². The van der Waals surface area contributed by atoms with Crippen molar-refractivity contribution < 1.29 is 22.7 Å². The van der Waals surface area contributed by atoms with Crippen LogP contribution < -0.4 is 0 Å². The fraction of sp³-hybridized carbons (Fsp3) is 0.273. The zero-order valence-electron chi connectivity index (χ0n) is 9.42.